The molecule has 1 aromatic carbocycles. The van der Waals surface area contributed by atoms with E-state index in [-0.39, 0.29) is 11.4 Å². The van der Waals surface area contributed by atoms with Gasteiger partial charge in [-0.25, -0.2) is 8.42 Å². The second kappa shape index (κ2) is 7.43. The van der Waals surface area contributed by atoms with Crippen molar-refractivity contribution in [3.63, 3.8) is 0 Å². The highest BCUT2D eigenvalue weighted by Crippen LogP contribution is 2.28. The van der Waals surface area contributed by atoms with Gasteiger partial charge in [0.1, 0.15) is 10.6 Å². The Morgan fingerprint density at radius 3 is 2.33 bits per heavy atom. The van der Waals surface area contributed by atoms with Crippen molar-refractivity contribution in [3.8, 4) is 5.75 Å². The molecule has 0 aliphatic rings. The lowest BCUT2D eigenvalue weighted by Gasteiger charge is -2.24. The van der Waals surface area contributed by atoms with Crippen LogP contribution in [-0.4, -0.2) is 34.6 Å². The highest BCUT2D eigenvalue weighted by atomic mass is 32.2. The average molecular weight is 389 g/mol. The van der Waals surface area contributed by atoms with Gasteiger partial charge in [-0.1, -0.05) is 0 Å². The lowest BCUT2D eigenvalue weighted by molar-refractivity contribution is 0.340. The second-order valence-corrected chi connectivity index (χ2v) is 8.04. The van der Waals surface area contributed by atoms with Gasteiger partial charge in [-0.3, -0.25) is 13.7 Å². The topological polar surface area (TPSA) is 82.3 Å². The Kier molecular flexibility index (Phi) is 5.22. The van der Waals surface area contributed by atoms with Crippen LogP contribution in [0.2, 0.25) is 0 Å². The summed E-state index contributed by atoms with van der Waals surface area (Å²) in [5.74, 6) is 0.692. The molecule has 0 saturated heterocycles. The minimum absolute atomic E-state index is 0.165. The maximum absolute atomic E-state index is 13.4. The van der Waals surface area contributed by atoms with Crippen molar-refractivity contribution in [3.05, 3.63) is 54.1 Å². The van der Waals surface area contributed by atoms with Gasteiger partial charge in [0.15, 0.2) is 0 Å². The summed E-state index contributed by atoms with van der Waals surface area (Å²) in [4.78, 5) is 0.183. The Bertz CT molecular complexity index is 1020. The van der Waals surface area contributed by atoms with E-state index in [1.807, 2.05) is 6.92 Å². The van der Waals surface area contributed by atoms with Crippen molar-refractivity contribution in [1.82, 2.24) is 19.6 Å². The number of sulfonamides is 1. The van der Waals surface area contributed by atoms with Gasteiger partial charge in [-0.05, 0) is 38.1 Å². The molecule has 2 aromatic heterocycles. The largest absolute Gasteiger partial charge is 0.494 e. The van der Waals surface area contributed by atoms with Crippen LogP contribution in [0, 0.1) is 6.92 Å². The molecule has 0 unspecified atom stereocenters. The highest BCUT2D eigenvalue weighted by molar-refractivity contribution is 7.92. The zero-order valence-electron chi connectivity index (χ0n) is 15.8. The third-order valence-corrected chi connectivity index (χ3v) is 5.93. The van der Waals surface area contributed by atoms with Gasteiger partial charge in [0.05, 0.1) is 30.7 Å². The first kappa shape index (κ1) is 19.0. The first-order valence-corrected chi connectivity index (χ1v) is 9.98. The van der Waals surface area contributed by atoms with E-state index in [0.717, 1.165) is 5.56 Å². The van der Waals surface area contributed by atoms with Crippen LogP contribution in [-0.2, 0) is 30.7 Å². The molecule has 0 amide bonds. The molecule has 0 aliphatic carbocycles. The number of aryl methyl sites for hydroxylation is 3. The van der Waals surface area contributed by atoms with Crippen molar-refractivity contribution < 1.29 is 13.2 Å². The minimum atomic E-state index is -3.81. The molecule has 0 atom stereocenters. The number of nitrogens with zero attached hydrogens (tertiary/aromatic N) is 5. The zero-order chi connectivity index (χ0) is 19.6. The minimum Gasteiger partial charge on any atom is -0.494 e. The van der Waals surface area contributed by atoms with Gasteiger partial charge in [-0.2, -0.15) is 10.2 Å². The van der Waals surface area contributed by atoms with Gasteiger partial charge in [0, 0.05) is 32.1 Å². The van der Waals surface area contributed by atoms with E-state index in [1.165, 1.54) is 15.2 Å². The zero-order valence-corrected chi connectivity index (χ0v) is 16.6. The maximum Gasteiger partial charge on any atom is 0.268 e. The monoisotopic (exact) mass is 389 g/mol. The SMILES string of the molecule is CCOc1ccc(N(Cc2cnn(C)c2)S(=O)(=O)c2cn(C)nc2C)cc1. The predicted molar refractivity (Wildman–Crippen MR) is 102 cm³/mol. The molecule has 0 spiro atoms. The number of ether oxygens (including phenoxy) is 1. The molecule has 0 radical (unpaired) electrons. The average Bonchev–Trinajstić information content (AvgIpc) is 3.18. The molecule has 8 nitrogen and oxygen atoms in total. The summed E-state index contributed by atoms with van der Waals surface area (Å²) >= 11 is 0. The molecule has 9 heteroatoms. The van der Waals surface area contributed by atoms with E-state index in [1.54, 1.807) is 62.4 Å². The number of hydrogen-bond donors (Lipinski definition) is 0. The third-order valence-electron chi connectivity index (χ3n) is 4.06. The molecule has 0 aliphatic heterocycles. The fraction of sp³-hybridized carbons (Fsp3) is 0.333. The van der Waals surface area contributed by atoms with Crippen molar-refractivity contribution in [1.29, 1.82) is 0 Å². The van der Waals surface area contributed by atoms with Crippen molar-refractivity contribution in [2.75, 3.05) is 10.9 Å². The van der Waals surface area contributed by atoms with E-state index in [2.05, 4.69) is 10.2 Å². The van der Waals surface area contributed by atoms with Crippen molar-refractivity contribution in [2.24, 2.45) is 14.1 Å². The highest BCUT2D eigenvalue weighted by Gasteiger charge is 2.29. The Hall–Kier alpha value is -2.81. The van der Waals surface area contributed by atoms with Crippen LogP contribution in [0.5, 0.6) is 5.75 Å². The number of rotatable bonds is 7. The standard InChI is InChI=1S/C18H23N5O3S/c1-5-26-17-8-6-16(7-9-17)23(12-15-10-19-21(3)11-15)27(24,25)18-13-22(4)20-14(18)2/h6-11,13H,5,12H2,1-4H3. The Labute approximate surface area is 159 Å². The van der Waals surface area contributed by atoms with E-state index in [9.17, 15) is 8.42 Å². The number of aromatic nitrogens is 4. The quantitative estimate of drug-likeness (QED) is 0.619. The van der Waals surface area contributed by atoms with Crippen LogP contribution in [0.4, 0.5) is 5.69 Å². The lowest BCUT2D eigenvalue weighted by atomic mass is 10.3. The molecule has 3 rings (SSSR count). The van der Waals surface area contributed by atoms with Crippen LogP contribution in [0.15, 0.2) is 47.8 Å². The van der Waals surface area contributed by atoms with E-state index in [0.29, 0.717) is 23.7 Å². The molecule has 27 heavy (non-hydrogen) atoms. The molecule has 2 heterocycles. The Morgan fingerprint density at radius 2 is 1.81 bits per heavy atom. The van der Waals surface area contributed by atoms with Crippen molar-refractivity contribution >= 4 is 15.7 Å². The van der Waals surface area contributed by atoms with Gasteiger partial charge in [0.25, 0.3) is 10.0 Å². The first-order valence-electron chi connectivity index (χ1n) is 8.54. The second-order valence-electron chi connectivity index (χ2n) is 6.21. The summed E-state index contributed by atoms with van der Waals surface area (Å²) in [6.45, 7) is 4.30. The van der Waals surface area contributed by atoms with Crippen LogP contribution in [0.1, 0.15) is 18.2 Å². The lowest BCUT2D eigenvalue weighted by Crippen LogP contribution is -2.30. The maximum atomic E-state index is 13.4. The summed E-state index contributed by atoms with van der Waals surface area (Å²) in [6, 6.07) is 7.01. The molecule has 3 aromatic rings. The normalized spacial score (nSPS) is 11.6. The summed E-state index contributed by atoms with van der Waals surface area (Å²) in [5, 5.41) is 8.31. The molecular formula is C18H23N5O3S. The summed E-state index contributed by atoms with van der Waals surface area (Å²) in [6.07, 6.45) is 4.98. The molecule has 144 valence electrons. The summed E-state index contributed by atoms with van der Waals surface area (Å²) < 4.78 is 36.8. The van der Waals surface area contributed by atoms with Crippen LogP contribution < -0.4 is 9.04 Å². The number of hydrogen-bond acceptors (Lipinski definition) is 5. The smallest absolute Gasteiger partial charge is 0.268 e. The van der Waals surface area contributed by atoms with Gasteiger partial charge in [-0.15, -0.1) is 0 Å². The summed E-state index contributed by atoms with van der Waals surface area (Å²) in [5.41, 5.74) is 1.79. The number of anilines is 1. The van der Waals surface area contributed by atoms with Gasteiger partial charge in [0.2, 0.25) is 0 Å². The fourth-order valence-corrected chi connectivity index (χ4v) is 4.52. The molecule has 0 saturated carbocycles. The molecule has 0 bridgehead atoms. The van der Waals surface area contributed by atoms with Crippen LogP contribution in [0.3, 0.4) is 0 Å². The van der Waals surface area contributed by atoms with E-state index >= 15 is 0 Å². The van der Waals surface area contributed by atoms with Gasteiger partial charge < -0.3 is 4.74 Å². The van der Waals surface area contributed by atoms with Crippen LogP contribution in [0.25, 0.3) is 0 Å². The van der Waals surface area contributed by atoms with Crippen LogP contribution >= 0.6 is 0 Å². The predicted octanol–water partition coefficient (Wildman–Crippen LogP) is 2.26. The fourth-order valence-electron chi connectivity index (χ4n) is 2.86. The van der Waals surface area contributed by atoms with Crippen molar-refractivity contribution in [2.45, 2.75) is 25.3 Å². The third kappa shape index (κ3) is 3.97. The molecule has 0 N–H and O–H groups in total. The van der Waals surface area contributed by atoms with Gasteiger partial charge >= 0.3 is 0 Å². The molecular weight excluding hydrogens is 366 g/mol. The van der Waals surface area contributed by atoms with E-state index < -0.39 is 10.0 Å². The first-order chi connectivity index (χ1) is 12.8. The van der Waals surface area contributed by atoms with E-state index in [4.69, 9.17) is 4.74 Å². The Balaban J connectivity index is 2.05. The Morgan fingerprint density at radius 1 is 1.11 bits per heavy atom. The molecule has 0 fully saturated rings. The summed E-state index contributed by atoms with van der Waals surface area (Å²) in [7, 11) is -0.307. The number of benzene rings is 1.